The van der Waals surface area contributed by atoms with Gasteiger partial charge in [-0.3, -0.25) is 4.79 Å². The molecule has 0 fully saturated rings. The fraction of sp³-hybridized carbons (Fsp3) is 0. The average molecular weight is 331 g/mol. The van der Waals surface area contributed by atoms with E-state index in [4.69, 9.17) is 0 Å². The molecule has 0 unspecified atom stereocenters. The van der Waals surface area contributed by atoms with Gasteiger partial charge in [0, 0.05) is 28.9 Å². The molecule has 0 spiro atoms. The zero-order valence-corrected chi connectivity index (χ0v) is 13.5. The number of anilines is 1. The number of carbonyl (C=O) groups is 1. The summed E-state index contributed by atoms with van der Waals surface area (Å²) in [5.74, 6) is 5.82. The van der Waals surface area contributed by atoms with Crippen molar-refractivity contribution in [2.75, 3.05) is 5.32 Å². The van der Waals surface area contributed by atoms with Crippen LogP contribution in [0.4, 0.5) is 5.69 Å². The van der Waals surface area contributed by atoms with Crippen LogP contribution in [0.2, 0.25) is 0 Å². The minimum absolute atomic E-state index is 0.210. The van der Waals surface area contributed by atoms with Gasteiger partial charge in [0.05, 0.1) is 11.2 Å². The minimum atomic E-state index is -0.210. The summed E-state index contributed by atoms with van der Waals surface area (Å²) in [6.45, 7) is 0. The summed E-state index contributed by atoms with van der Waals surface area (Å²) in [6.07, 6.45) is 4.84. The Kier molecular flexibility index (Phi) is 5.13. The second kappa shape index (κ2) is 7.86. The Morgan fingerprint density at radius 3 is 2.88 bits per heavy atom. The molecule has 1 amide bonds. The molecule has 3 rings (SSSR count). The number of nitrogens with zero attached hydrogens (tertiary/aromatic N) is 2. The fourth-order valence-corrected chi connectivity index (χ4v) is 2.42. The molecule has 2 heterocycles. The highest BCUT2D eigenvalue weighted by molar-refractivity contribution is 7.07. The highest BCUT2D eigenvalue weighted by Gasteiger charge is 1.99. The van der Waals surface area contributed by atoms with Crippen LogP contribution < -0.4 is 5.32 Å². The van der Waals surface area contributed by atoms with E-state index in [1.54, 1.807) is 17.8 Å². The van der Waals surface area contributed by atoms with Gasteiger partial charge < -0.3 is 5.32 Å². The lowest BCUT2D eigenvalue weighted by Gasteiger charge is -2.02. The van der Waals surface area contributed by atoms with Crippen LogP contribution in [0.1, 0.15) is 17.0 Å². The third kappa shape index (κ3) is 4.63. The van der Waals surface area contributed by atoms with E-state index in [0.717, 1.165) is 11.3 Å². The smallest absolute Gasteiger partial charge is 0.248 e. The van der Waals surface area contributed by atoms with E-state index in [1.807, 2.05) is 47.8 Å². The molecule has 0 bridgehead atoms. The van der Waals surface area contributed by atoms with Crippen LogP contribution in [0.25, 0.3) is 6.08 Å². The van der Waals surface area contributed by atoms with Gasteiger partial charge in [0.15, 0.2) is 0 Å². The molecule has 116 valence electrons. The van der Waals surface area contributed by atoms with Crippen LogP contribution in [-0.2, 0) is 4.79 Å². The largest absolute Gasteiger partial charge is 0.322 e. The summed E-state index contributed by atoms with van der Waals surface area (Å²) in [6, 6.07) is 13.0. The van der Waals surface area contributed by atoms with Crippen molar-refractivity contribution in [3.8, 4) is 11.8 Å². The number of amides is 1. The van der Waals surface area contributed by atoms with Gasteiger partial charge in [-0.25, -0.2) is 9.97 Å². The molecule has 0 aliphatic carbocycles. The number of hydrogen-bond acceptors (Lipinski definition) is 4. The SMILES string of the molecule is O=C(C=Cc1cscn1)Nc1cccc(C#Cc2ccccn2)c1. The molecule has 3 aromatic rings. The average Bonchev–Trinajstić information content (AvgIpc) is 3.13. The number of pyridine rings is 1. The molecular weight excluding hydrogens is 318 g/mol. The maximum atomic E-state index is 11.9. The highest BCUT2D eigenvalue weighted by Crippen LogP contribution is 2.10. The first-order chi connectivity index (χ1) is 11.8. The Labute approximate surface area is 143 Å². The van der Waals surface area contributed by atoms with E-state index in [1.165, 1.54) is 17.4 Å². The summed E-state index contributed by atoms with van der Waals surface area (Å²) in [5.41, 5.74) is 4.70. The van der Waals surface area contributed by atoms with Gasteiger partial charge in [0.1, 0.15) is 5.69 Å². The number of aromatic nitrogens is 2. The summed E-state index contributed by atoms with van der Waals surface area (Å²) >= 11 is 1.49. The predicted octanol–water partition coefficient (Wildman–Crippen LogP) is 3.59. The maximum absolute atomic E-state index is 11.9. The molecule has 2 aromatic heterocycles. The zero-order chi connectivity index (χ0) is 16.6. The van der Waals surface area contributed by atoms with Crippen LogP contribution in [0.5, 0.6) is 0 Å². The van der Waals surface area contributed by atoms with Gasteiger partial charge in [-0.05, 0) is 42.3 Å². The predicted molar refractivity (Wildman–Crippen MR) is 96.4 cm³/mol. The topological polar surface area (TPSA) is 54.9 Å². The fourth-order valence-electron chi connectivity index (χ4n) is 1.90. The van der Waals surface area contributed by atoms with Crippen molar-refractivity contribution in [1.82, 2.24) is 9.97 Å². The lowest BCUT2D eigenvalue weighted by molar-refractivity contribution is -0.111. The van der Waals surface area contributed by atoms with Gasteiger partial charge in [-0.15, -0.1) is 11.3 Å². The van der Waals surface area contributed by atoms with Crippen molar-refractivity contribution in [2.24, 2.45) is 0 Å². The lowest BCUT2D eigenvalue weighted by atomic mass is 10.2. The van der Waals surface area contributed by atoms with Gasteiger partial charge in [-0.1, -0.05) is 18.1 Å². The second-order valence-electron chi connectivity index (χ2n) is 4.78. The normalized spacial score (nSPS) is 10.2. The number of rotatable bonds is 3. The number of nitrogens with one attached hydrogen (secondary N) is 1. The van der Waals surface area contributed by atoms with E-state index in [9.17, 15) is 4.79 Å². The van der Waals surface area contributed by atoms with Crippen molar-refractivity contribution in [3.05, 3.63) is 82.6 Å². The van der Waals surface area contributed by atoms with E-state index in [0.29, 0.717) is 11.4 Å². The first kappa shape index (κ1) is 15.7. The first-order valence-corrected chi connectivity index (χ1v) is 8.14. The summed E-state index contributed by atoms with van der Waals surface area (Å²) < 4.78 is 0. The lowest BCUT2D eigenvalue weighted by Crippen LogP contribution is -2.07. The van der Waals surface area contributed by atoms with Crippen LogP contribution in [0, 0.1) is 11.8 Å². The number of benzene rings is 1. The third-order valence-corrected chi connectivity index (χ3v) is 3.59. The van der Waals surface area contributed by atoms with Crippen molar-refractivity contribution in [2.45, 2.75) is 0 Å². The number of carbonyl (C=O) groups excluding carboxylic acids is 1. The summed E-state index contributed by atoms with van der Waals surface area (Å²) in [4.78, 5) is 20.2. The molecule has 0 aliphatic heterocycles. The number of thiazole rings is 1. The Balaban J connectivity index is 1.67. The number of hydrogen-bond donors (Lipinski definition) is 1. The van der Waals surface area contributed by atoms with Gasteiger partial charge in [0.25, 0.3) is 0 Å². The molecule has 24 heavy (non-hydrogen) atoms. The van der Waals surface area contributed by atoms with Gasteiger partial charge in [0.2, 0.25) is 5.91 Å². The second-order valence-corrected chi connectivity index (χ2v) is 5.50. The maximum Gasteiger partial charge on any atom is 0.248 e. The zero-order valence-electron chi connectivity index (χ0n) is 12.6. The Hall–Kier alpha value is -3.23. The Morgan fingerprint density at radius 1 is 1.12 bits per heavy atom. The van der Waals surface area contributed by atoms with Crippen molar-refractivity contribution in [1.29, 1.82) is 0 Å². The standard InChI is InChI=1S/C19H13N3OS/c23-19(10-9-18-13-24-14-21-18)22-17-6-3-4-15(12-17)7-8-16-5-1-2-11-20-16/h1-6,9-14H,(H,22,23). The van der Waals surface area contributed by atoms with E-state index < -0.39 is 0 Å². The monoisotopic (exact) mass is 331 g/mol. The molecule has 1 N–H and O–H groups in total. The Morgan fingerprint density at radius 2 is 2.08 bits per heavy atom. The van der Waals surface area contributed by atoms with Gasteiger partial charge in [-0.2, -0.15) is 0 Å². The molecular formula is C19H13N3OS. The Bertz CT molecular complexity index is 907. The van der Waals surface area contributed by atoms with Crippen molar-refractivity contribution < 1.29 is 4.79 Å². The van der Waals surface area contributed by atoms with Crippen molar-refractivity contribution >= 4 is 29.0 Å². The van der Waals surface area contributed by atoms with Crippen molar-refractivity contribution in [3.63, 3.8) is 0 Å². The van der Waals surface area contributed by atoms with E-state index >= 15 is 0 Å². The van der Waals surface area contributed by atoms with E-state index in [-0.39, 0.29) is 5.91 Å². The molecule has 0 aliphatic rings. The molecule has 0 saturated heterocycles. The molecule has 1 aromatic carbocycles. The minimum Gasteiger partial charge on any atom is -0.322 e. The van der Waals surface area contributed by atoms with Gasteiger partial charge >= 0.3 is 0 Å². The molecule has 5 heteroatoms. The molecule has 4 nitrogen and oxygen atoms in total. The van der Waals surface area contributed by atoms with E-state index in [2.05, 4.69) is 27.1 Å². The van der Waals surface area contributed by atoms with Crippen LogP contribution >= 0.6 is 11.3 Å². The molecule has 0 atom stereocenters. The molecule has 0 radical (unpaired) electrons. The first-order valence-electron chi connectivity index (χ1n) is 7.20. The highest BCUT2D eigenvalue weighted by atomic mass is 32.1. The van der Waals surface area contributed by atoms with Crippen LogP contribution in [-0.4, -0.2) is 15.9 Å². The third-order valence-electron chi connectivity index (χ3n) is 2.99. The quantitative estimate of drug-likeness (QED) is 0.589. The van der Waals surface area contributed by atoms with Crippen LogP contribution in [0.15, 0.2) is 65.6 Å². The summed E-state index contributed by atoms with van der Waals surface area (Å²) in [5, 5.41) is 4.68. The van der Waals surface area contributed by atoms with Crippen LogP contribution in [0.3, 0.4) is 0 Å². The summed E-state index contributed by atoms with van der Waals surface area (Å²) in [7, 11) is 0. The molecule has 0 saturated carbocycles.